The zero-order valence-electron chi connectivity index (χ0n) is 9.51. The molecule has 0 aliphatic carbocycles. The van der Waals surface area contributed by atoms with Crippen molar-refractivity contribution >= 4 is 10.5 Å². The highest BCUT2D eigenvalue weighted by Crippen LogP contribution is 2.21. The molecule has 8 heteroatoms. The maximum absolute atomic E-state index is 13.2. The first-order valence-corrected chi connectivity index (χ1v) is 5.92. The number of rotatable bonds is 5. The van der Waals surface area contributed by atoms with Gasteiger partial charge in [-0.2, -0.15) is 0 Å². The first kappa shape index (κ1) is 15.1. The van der Waals surface area contributed by atoms with Crippen LogP contribution in [0.4, 0.5) is 17.6 Å². The predicted octanol–water partition coefficient (Wildman–Crippen LogP) is 0.501. The molecule has 102 valence electrons. The van der Waals surface area contributed by atoms with Crippen molar-refractivity contribution in [1.82, 2.24) is 0 Å². The second kappa shape index (κ2) is 5.78. The molecule has 0 aromatic heterocycles. The highest BCUT2D eigenvalue weighted by Gasteiger charge is 2.22. The molecule has 0 saturated carbocycles. The van der Waals surface area contributed by atoms with Crippen LogP contribution in [0.2, 0.25) is 0 Å². The SMILES string of the molecule is OC(O)(CCCc1cc(F)c(F)c(F)c1F)O[SiH3]. The average Bonchev–Trinajstić information content (AvgIpc) is 2.33. The fourth-order valence-corrected chi connectivity index (χ4v) is 1.62. The van der Waals surface area contributed by atoms with Gasteiger partial charge in [0.05, 0.1) is 0 Å². The minimum absolute atomic E-state index is 0.0106. The van der Waals surface area contributed by atoms with E-state index in [-0.39, 0.29) is 35.3 Å². The molecule has 0 aliphatic heterocycles. The number of hydrogen-bond acceptors (Lipinski definition) is 3. The van der Waals surface area contributed by atoms with Crippen LogP contribution in [-0.2, 0) is 10.8 Å². The second-order valence-electron chi connectivity index (χ2n) is 3.76. The van der Waals surface area contributed by atoms with Crippen molar-refractivity contribution in [3.63, 3.8) is 0 Å². The maximum Gasteiger partial charge on any atom is 0.267 e. The lowest BCUT2D eigenvalue weighted by atomic mass is 10.1. The van der Waals surface area contributed by atoms with E-state index in [4.69, 9.17) is 10.2 Å². The van der Waals surface area contributed by atoms with Gasteiger partial charge < -0.3 is 14.6 Å². The summed E-state index contributed by atoms with van der Waals surface area (Å²) in [5, 5.41) is 18.2. The van der Waals surface area contributed by atoms with E-state index in [1.54, 1.807) is 0 Å². The Kier molecular flexibility index (Phi) is 4.85. The summed E-state index contributed by atoms with van der Waals surface area (Å²) < 4.78 is 56.0. The Balaban J connectivity index is 2.75. The molecule has 0 radical (unpaired) electrons. The Hall–Kier alpha value is -0.963. The predicted molar refractivity (Wildman–Crippen MR) is 57.4 cm³/mol. The van der Waals surface area contributed by atoms with Crippen LogP contribution >= 0.6 is 0 Å². The smallest absolute Gasteiger partial charge is 0.267 e. The van der Waals surface area contributed by atoms with Crippen LogP contribution in [0, 0.1) is 23.3 Å². The molecule has 0 unspecified atom stereocenters. The van der Waals surface area contributed by atoms with E-state index in [9.17, 15) is 17.6 Å². The van der Waals surface area contributed by atoms with E-state index in [1.165, 1.54) is 0 Å². The Morgan fingerprint density at radius 2 is 1.72 bits per heavy atom. The summed E-state index contributed by atoms with van der Waals surface area (Å²) in [5.41, 5.74) is -0.365. The second-order valence-corrected chi connectivity index (χ2v) is 4.17. The summed E-state index contributed by atoms with van der Waals surface area (Å²) >= 11 is 0. The molecule has 0 atom stereocenters. The lowest BCUT2D eigenvalue weighted by Crippen LogP contribution is -2.30. The Morgan fingerprint density at radius 3 is 2.28 bits per heavy atom. The van der Waals surface area contributed by atoms with Gasteiger partial charge in [0.25, 0.3) is 5.97 Å². The van der Waals surface area contributed by atoms with Crippen molar-refractivity contribution < 1.29 is 32.2 Å². The number of hydrogen-bond donors (Lipinski definition) is 2. The van der Waals surface area contributed by atoms with Crippen LogP contribution in [0.15, 0.2) is 6.07 Å². The molecular formula is C10H12F4O3Si. The van der Waals surface area contributed by atoms with Gasteiger partial charge in [0, 0.05) is 6.42 Å². The summed E-state index contributed by atoms with van der Waals surface area (Å²) in [7, 11) is 0.0849. The van der Waals surface area contributed by atoms with E-state index in [0.717, 1.165) is 0 Å². The third kappa shape index (κ3) is 3.51. The first-order valence-electron chi connectivity index (χ1n) is 5.10. The lowest BCUT2D eigenvalue weighted by Gasteiger charge is -2.19. The molecule has 3 nitrogen and oxygen atoms in total. The summed E-state index contributed by atoms with van der Waals surface area (Å²) in [5.74, 6) is -9.01. The lowest BCUT2D eigenvalue weighted by molar-refractivity contribution is -0.295. The summed E-state index contributed by atoms with van der Waals surface area (Å²) in [6, 6.07) is 0.547. The van der Waals surface area contributed by atoms with Crippen molar-refractivity contribution in [2.45, 2.75) is 25.2 Å². The van der Waals surface area contributed by atoms with Crippen molar-refractivity contribution in [2.75, 3.05) is 0 Å². The fourth-order valence-electron chi connectivity index (χ4n) is 1.41. The normalized spacial score (nSPS) is 12.1. The molecule has 0 spiro atoms. The van der Waals surface area contributed by atoms with Gasteiger partial charge in [-0.1, -0.05) is 0 Å². The summed E-state index contributed by atoms with van der Waals surface area (Å²) in [6.07, 6.45) is -0.416. The highest BCUT2D eigenvalue weighted by molar-refractivity contribution is 5.98. The van der Waals surface area contributed by atoms with Crippen LogP contribution in [0.5, 0.6) is 0 Å². The molecule has 1 aromatic carbocycles. The van der Waals surface area contributed by atoms with E-state index in [1.807, 2.05) is 0 Å². The molecule has 1 rings (SSSR count). The highest BCUT2D eigenvalue weighted by atomic mass is 28.2. The van der Waals surface area contributed by atoms with Gasteiger partial charge in [-0.3, -0.25) is 0 Å². The van der Waals surface area contributed by atoms with Crippen molar-refractivity contribution in [3.05, 3.63) is 34.9 Å². The fraction of sp³-hybridized carbons (Fsp3) is 0.400. The van der Waals surface area contributed by atoms with Gasteiger partial charge in [-0.05, 0) is 24.5 Å². The minimum atomic E-state index is -2.32. The van der Waals surface area contributed by atoms with E-state index in [2.05, 4.69) is 4.43 Å². The van der Waals surface area contributed by atoms with Crippen LogP contribution in [0.3, 0.4) is 0 Å². The van der Waals surface area contributed by atoms with Crippen LogP contribution in [-0.4, -0.2) is 26.7 Å². The van der Waals surface area contributed by atoms with Crippen LogP contribution in [0.1, 0.15) is 18.4 Å². The molecule has 18 heavy (non-hydrogen) atoms. The molecule has 0 saturated heterocycles. The first-order chi connectivity index (χ1) is 8.28. The largest absolute Gasteiger partial charge is 0.381 e. The van der Waals surface area contributed by atoms with Crippen LogP contribution < -0.4 is 0 Å². The number of halogens is 4. The Labute approximate surface area is 104 Å². The van der Waals surface area contributed by atoms with E-state index >= 15 is 0 Å². The third-order valence-corrected chi connectivity index (χ3v) is 3.11. The zero-order valence-corrected chi connectivity index (χ0v) is 11.5. The average molecular weight is 284 g/mol. The summed E-state index contributed by atoms with van der Waals surface area (Å²) in [6.45, 7) is 0. The third-order valence-electron chi connectivity index (χ3n) is 2.45. The van der Waals surface area contributed by atoms with E-state index < -0.39 is 29.2 Å². The number of aryl methyl sites for hydroxylation is 1. The topological polar surface area (TPSA) is 49.7 Å². The number of aliphatic hydroxyl groups is 2. The van der Waals surface area contributed by atoms with Gasteiger partial charge in [0.15, 0.2) is 33.8 Å². The monoisotopic (exact) mass is 284 g/mol. The Bertz CT molecular complexity index is 440. The molecule has 1 aromatic rings. The van der Waals surface area contributed by atoms with Gasteiger partial charge in [0.1, 0.15) is 0 Å². The molecule has 0 bridgehead atoms. The van der Waals surface area contributed by atoms with Crippen molar-refractivity contribution in [2.24, 2.45) is 0 Å². The summed E-state index contributed by atoms with van der Waals surface area (Å²) in [4.78, 5) is 0. The molecular weight excluding hydrogens is 272 g/mol. The molecule has 0 amide bonds. The minimum Gasteiger partial charge on any atom is -0.381 e. The Morgan fingerprint density at radius 1 is 1.11 bits per heavy atom. The molecule has 0 heterocycles. The maximum atomic E-state index is 13.2. The molecule has 0 fully saturated rings. The van der Waals surface area contributed by atoms with Gasteiger partial charge in [-0.25, -0.2) is 17.6 Å². The van der Waals surface area contributed by atoms with Crippen molar-refractivity contribution in [3.8, 4) is 0 Å². The zero-order chi connectivity index (χ0) is 13.9. The van der Waals surface area contributed by atoms with E-state index in [0.29, 0.717) is 6.07 Å². The van der Waals surface area contributed by atoms with Gasteiger partial charge in [-0.15, -0.1) is 0 Å². The number of benzene rings is 1. The molecule has 0 aliphatic rings. The van der Waals surface area contributed by atoms with Gasteiger partial charge in [0.2, 0.25) is 0 Å². The quantitative estimate of drug-likeness (QED) is 0.272. The standard InChI is InChI=1S/C10H12F4O3Si/c11-6-4-5(7(12)9(14)8(6)13)2-1-3-10(15,16)17-18/h4,15-16H,1-3H2,18H3. The molecule has 2 N–H and O–H groups in total. The van der Waals surface area contributed by atoms with Crippen molar-refractivity contribution in [1.29, 1.82) is 0 Å². The van der Waals surface area contributed by atoms with Crippen LogP contribution in [0.25, 0.3) is 0 Å². The van der Waals surface area contributed by atoms with Gasteiger partial charge >= 0.3 is 0 Å².